The average molecular weight is 316 g/mol. The van der Waals surface area contributed by atoms with Gasteiger partial charge < -0.3 is 16.2 Å². The van der Waals surface area contributed by atoms with Crippen molar-refractivity contribution in [2.75, 3.05) is 6.54 Å². The topological polar surface area (TPSA) is 92.4 Å². The quantitative estimate of drug-likeness (QED) is 0.793. The number of carbonyl (C=O) groups excluding carboxylic acids is 1. The van der Waals surface area contributed by atoms with Crippen LogP contribution in [0.2, 0.25) is 0 Å². The van der Waals surface area contributed by atoms with E-state index in [1.54, 1.807) is 12.1 Å². The lowest BCUT2D eigenvalue weighted by Crippen LogP contribution is -2.43. The van der Waals surface area contributed by atoms with Gasteiger partial charge in [0.15, 0.2) is 0 Å². The molecule has 1 heterocycles. The van der Waals surface area contributed by atoms with Gasteiger partial charge in [0, 0.05) is 12.5 Å². The Morgan fingerprint density at radius 3 is 2.48 bits per heavy atom. The molecule has 2 fully saturated rings. The number of rotatable bonds is 4. The van der Waals surface area contributed by atoms with Crippen molar-refractivity contribution in [2.24, 2.45) is 17.6 Å². The number of hydrogen-bond donors (Lipinski definition) is 3. The molecule has 3 atom stereocenters. The van der Waals surface area contributed by atoms with E-state index in [1.807, 2.05) is 12.1 Å². The van der Waals surface area contributed by atoms with Crippen molar-refractivity contribution in [3.8, 4) is 0 Å². The smallest absolute Gasteiger partial charge is 0.335 e. The van der Waals surface area contributed by atoms with Gasteiger partial charge in [-0.25, -0.2) is 4.79 Å². The fourth-order valence-electron chi connectivity index (χ4n) is 4.50. The number of primary amides is 1. The van der Waals surface area contributed by atoms with Crippen LogP contribution in [0.5, 0.6) is 0 Å². The number of carbonyl (C=O) groups is 2. The maximum atomic E-state index is 11.9. The maximum Gasteiger partial charge on any atom is 0.335 e. The summed E-state index contributed by atoms with van der Waals surface area (Å²) in [7, 11) is 0. The summed E-state index contributed by atoms with van der Waals surface area (Å²) in [6.07, 6.45) is 5.80. The molecular formula is C18H24N2O3. The molecule has 4 N–H and O–H groups in total. The van der Waals surface area contributed by atoms with Crippen molar-refractivity contribution in [1.82, 2.24) is 5.32 Å². The number of carboxylic acids is 1. The lowest BCUT2D eigenvalue weighted by atomic mass is 9.70. The van der Waals surface area contributed by atoms with E-state index in [2.05, 4.69) is 5.32 Å². The minimum atomic E-state index is -0.912. The first-order valence-corrected chi connectivity index (χ1v) is 8.44. The predicted molar refractivity (Wildman–Crippen MR) is 87.2 cm³/mol. The first kappa shape index (κ1) is 16.0. The van der Waals surface area contributed by atoms with E-state index in [1.165, 1.54) is 19.3 Å². The van der Waals surface area contributed by atoms with E-state index in [9.17, 15) is 14.7 Å². The van der Waals surface area contributed by atoms with Crippen molar-refractivity contribution < 1.29 is 14.7 Å². The predicted octanol–water partition coefficient (Wildman–Crippen LogP) is 2.12. The van der Waals surface area contributed by atoms with Crippen molar-refractivity contribution >= 4 is 11.9 Å². The molecule has 1 saturated carbocycles. The van der Waals surface area contributed by atoms with Gasteiger partial charge in [0.1, 0.15) is 0 Å². The average Bonchev–Trinajstić information content (AvgIpc) is 3.00. The molecule has 5 nitrogen and oxygen atoms in total. The summed E-state index contributed by atoms with van der Waals surface area (Å²) >= 11 is 0. The molecule has 124 valence electrons. The number of nitrogens with one attached hydrogen (secondary N) is 1. The van der Waals surface area contributed by atoms with Crippen LogP contribution in [0.15, 0.2) is 24.3 Å². The van der Waals surface area contributed by atoms with E-state index in [0.29, 0.717) is 18.0 Å². The van der Waals surface area contributed by atoms with E-state index >= 15 is 0 Å². The van der Waals surface area contributed by atoms with Crippen LogP contribution < -0.4 is 11.1 Å². The minimum absolute atomic E-state index is 0.0305. The van der Waals surface area contributed by atoms with Gasteiger partial charge in [-0.05, 0) is 23.5 Å². The SMILES string of the molecule is NC(=O)[C@H]1NCC(c2ccccc2C(=O)O)[C@H]1C1CCCCC1. The highest BCUT2D eigenvalue weighted by molar-refractivity contribution is 5.90. The highest BCUT2D eigenvalue weighted by Gasteiger charge is 2.45. The van der Waals surface area contributed by atoms with Crippen LogP contribution in [0, 0.1) is 11.8 Å². The molecule has 23 heavy (non-hydrogen) atoms. The first-order valence-electron chi connectivity index (χ1n) is 8.44. The summed E-state index contributed by atoms with van der Waals surface area (Å²) < 4.78 is 0. The molecule has 1 amide bonds. The van der Waals surface area contributed by atoms with Gasteiger partial charge in [0.2, 0.25) is 5.91 Å². The zero-order chi connectivity index (χ0) is 16.4. The Morgan fingerprint density at radius 1 is 1.13 bits per heavy atom. The van der Waals surface area contributed by atoms with Crippen LogP contribution in [0.25, 0.3) is 0 Å². The normalized spacial score (nSPS) is 28.6. The number of amides is 1. The molecule has 0 spiro atoms. The molecule has 1 aliphatic carbocycles. The number of carboxylic acid groups (broad SMARTS) is 1. The molecule has 2 aliphatic rings. The zero-order valence-electron chi connectivity index (χ0n) is 13.2. The first-order chi connectivity index (χ1) is 11.1. The van der Waals surface area contributed by atoms with Crippen LogP contribution in [0.1, 0.15) is 53.9 Å². The van der Waals surface area contributed by atoms with E-state index in [0.717, 1.165) is 18.4 Å². The molecule has 1 unspecified atom stereocenters. The van der Waals surface area contributed by atoms with Crippen LogP contribution in [-0.4, -0.2) is 29.6 Å². The third-order valence-electron chi connectivity index (χ3n) is 5.50. The summed E-state index contributed by atoms with van der Waals surface area (Å²) in [5.41, 5.74) is 6.78. The molecule has 1 saturated heterocycles. The Kier molecular flexibility index (Phi) is 4.66. The molecule has 5 heteroatoms. The van der Waals surface area contributed by atoms with Crippen LogP contribution in [0.4, 0.5) is 0 Å². The Labute approximate surface area is 136 Å². The highest BCUT2D eigenvalue weighted by Crippen LogP contribution is 2.43. The molecule has 3 rings (SSSR count). The van der Waals surface area contributed by atoms with Crippen molar-refractivity contribution in [1.29, 1.82) is 0 Å². The second-order valence-electron chi connectivity index (χ2n) is 6.76. The third kappa shape index (κ3) is 3.11. The van der Waals surface area contributed by atoms with Gasteiger partial charge in [-0.15, -0.1) is 0 Å². The van der Waals surface area contributed by atoms with Crippen LogP contribution in [0.3, 0.4) is 0 Å². The van der Waals surface area contributed by atoms with Crippen LogP contribution in [-0.2, 0) is 4.79 Å². The second-order valence-corrected chi connectivity index (χ2v) is 6.76. The number of benzene rings is 1. The molecule has 1 aliphatic heterocycles. The number of nitrogens with two attached hydrogens (primary N) is 1. The van der Waals surface area contributed by atoms with Gasteiger partial charge in [0.25, 0.3) is 0 Å². The van der Waals surface area contributed by atoms with Crippen molar-refractivity contribution in [3.05, 3.63) is 35.4 Å². The summed E-state index contributed by atoms with van der Waals surface area (Å²) in [5, 5.41) is 12.7. The molecular weight excluding hydrogens is 292 g/mol. The maximum absolute atomic E-state index is 11.9. The number of hydrogen-bond acceptors (Lipinski definition) is 3. The fraction of sp³-hybridized carbons (Fsp3) is 0.556. The standard InChI is InChI=1S/C18H24N2O3/c19-17(21)16-15(11-6-2-1-3-7-11)14(10-20-16)12-8-4-5-9-13(12)18(22)23/h4-5,8-9,11,14-16,20H,1-3,6-7,10H2,(H2,19,21)(H,22,23)/t14?,15-,16+/m1/s1. The third-order valence-corrected chi connectivity index (χ3v) is 5.50. The van der Waals surface area contributed by atoms with E-state index in [-0.39, 0.29) is 23.8 Å². The Balaban J connectivity index is 1.96. The van der Waals surface area contributed by atoms with E-state index < -0.39 is 5.97 Å². The second kappa shape index (κ2) is 6.71. The lowest BCUT2D eigenvalue weighted by Gasteiger charge is -2.34. The van der Waals surface area contributed by atoms with Crippen molar-refractivity contribution in [3.63, 3.8) is 0 Å². The summed E-state index contributed by atoms with van der Waals surface area (Å²) in [5.74, 6) is -0.680. The van der Waals surface area contributed by atoms with Gasteiger partial charge in [-0.2, -0.15) is 0 Å². The largest absolute Gasteiger partial charge is 0.478 e. The zero-order valence-corrected chi connectivity index (χ0v) is 13.2. The molecule has 1 aromatic carbocycles. The lowest BCUT2D eigenvalue weighted by molar-refractivity contribution is -0.121. The fourth-order valence-corrected chi connectivity index (χ4v) is 4.50. The summed E-state index contributed by atoms with van der Waals surface area (Å²) in [6, 6.07) is 6.79. The molecule has 0 radical (unpaired) electrons. The molecule has 1 aromatic rings. The van der Waals surface area contributed by atoms with Gasteiger partial charge >= 0.3 is 5.97 Å². The van der Waals surface area contributed by atoms with Crippen molar-refractivity contribution in [2.45, 2.75) is 44.1 Å². The number of aromatic carboxylic acids is 1. The Hall–Kier alpha value is -1.88. The van der Waals surface area contributed by atoms with Gasteiger partial charge in [-0.1, -0.05) is 50.3 Å². The van der Waals surface area contributed by atoms with Crippen LogP contribution >= 0.6 is 0 Å². The Morgan fingerprint density at radius 2 is 1.83 bits per heavy atom. The van der Waals surface area contributed by atoms with Gasteiger partial charge in [-0.3, -0.25) is 4.79 Å². The monoisotopic (exact) mass is 316 g/mol. The summed E-state index contributed by atoms with van der Waals surface area (Å²) in [4.78, 5) is 23.5. The highest BCUT2D eigenvalue weighted by atomic mass is 16.4. The molecule has 0 bridgehead atoms. The Bertz CT molecular complexity index is 596. The van der Waals surface area contributed by atoms with E-state index in [4.69, 9.17) is 5.73 Å². The van der Waals surface area contributed by atoms with Gasteiger partial charge in [0.05, 0.1) is 11.6 Å². The minimum Gasteiger partial charge on any atom is -0.478 e. The molecule has 0 aromatic heterocycles. The summed E-state index contributed by atoms with van der Waals surface area (Å²) in [6.45, 7) is 0.610.